The van der Waals surface area contributed by atoms with E-state index in [-0.39, 0.29) is 5.56 Å². The summed E-state index contributed by atoms with van der Waals surface area (Å²) < 4.78 is 9.32. The minimum absolute atomic E-state index is 0.266. The molecule has 0 aliphatic carbocycles. The van der Waals surface area contributed by atoms with Crippen LogP contribution in [0.15, 0.2) is 24.3 Å². The quantitative estimate of drug-likeness (QED) is 0.443. The summed E-state index contributed by atoms with van der Waals surface area (Å²) in [5.41, 5.74) is 0.266. The van der Waals surface area contributed by atoms with Crippen molar-refractivity contribution in [3.05, 3.63) is 29.8 Å². The molecule has 17 heavy (non-hydrogen) atoms. The van der Waals surface area contributed by atoms with E-state index in [0.29, 0.717) is 5.75 Å². The lowest BCUT2D eigenvalue weighted by Gasteiger charge is -2.06. The van der Waals surface area contributed by atoms with Gasteiger partial charge in [-0.2, -0.15) is 5.26 Å². The van der Waals surface area contributed by atoms with Crippen LogP contribution in [0.5, 0.6) is 5.75 Å². The summed E-state index contributed by atoms with van der Waals surface area (Å²) in [5, 5.41) is 8.76. The molecular formula is C12H11NO4. The normalized spacial score (nSPS) is 11.1. The average Bonchev–Trinajstić information content (AvgIpc) is 2.39. The zero-order valence-corrected chi connectivity index (χ0v) is 9.47. The second-order valence-corrected chi connectivity index (χ2v) is 3.18. The van der Waals surface area contributed by atoms with Gasteiger partial charge in [0.05, 0.1) is 20.3 Å². The van der Waals surface area contributed by atoms with Crippen molar-refractivity contribution in [1.29, 1.82) is 5.26 Å². The van der Waals surface area contributed by atoms with E-state index in [1.165, 1.54) is 19.2 Å². The zero-order valence-electron chi connectivity index (χ0n) is 9.47. The molecule has 0 spiro atoms. The number of nitrogens with zero attached hydrogens (tertiary/aromatic N) is 1. The van der Waals surface area contributed by atoms with E-state index in [4.69, 9.17) is 10.00 Å². The molecule has 0 fully saturated rings. The molecule has 0 heterocycles. The van der Waals surface area contributed by atoms with Gasteiger partial charge in [0.15, 0.2) is 5.78 Å². The van der Waals surface area contributed by atoms with Gasteiger partial charge in [-0.05, 0) is 24.3 Å². The number of ketones is 1. The molecule has 0 amide bonds. The van der Waals surface area contributed by atoms with Crippen LogP contribution < -0.4 is 4.74 Å². The highest BCUT2D eigenvalue weighted by molar-refractivity contribution is 6.10. The van der Waals surface area contributed by atoms with E-state index in [0.717, 1.165) is 7.11 Å². The number of ether oxygens (including phenoxy) is 2. The van der Waals surface area contributed by atoms with Crippen molar-refractivity contribution in [2.75, 3.05) is 14.2 Å². The summed E-state index contributed by atoms with van der Waals surface area (Å²) in [6.07, 6.45) is 0. The Kier molecular flexibility index (Phi) is 4.23. The number of rotatable bonds is 4. The van der Waals surface area contributed by atoms with Gasteiger partial charge in [0.1, 0.15) is 5.75 Å². The molecule has 1 unspecified atom stereocenters. The van der Waals surface area contributed by atoms with Gasteiger partial charge >= 0.3 is 5.97 Å². The standard InChI is InChI=1S/C12H11NO4/c1-16-9-5-3-8(4-6-9)11(14)10(7-13)12(15)17-2/h3-6,10H,1-2H3. The fourth-order valence-electron chi connectivity index (χ4n) is 1.26. The molecule has 5 heteroatoms. The first kappa shape index (κ1) is 12.7. The SMILES string of the molecule is COC(=O)C(C#N)C(=O)c1ccc(OC)cc1. The largest absolute Gasteiger partial charge is 0.497 e. The Morgan fingerprint density at radius 1 is 1.24 bits per heavy atom. The number of hydrogen-bond acceptors (Lipinski definition) is 5. The van der Waals surface area contributed by atoms with Gasteiger partial charge < -0.3 is 9.47 Å². The molecular weight excluding hydrogens is 222 g/mol. The van der Waals surface area contributed by atoms with Gasteiger partial charge in [-0.15, -0.1) is 0 Å². The van der Waals surface area contributed by atoms with Crippen molar-refractivity contribution in [3.8, 4) is 11.8 Å². The molecule has 1 aromatic rings. The van der Waals surface area contributed by atoms with E-state index in [1.807, 2.05) is 0 Å². The van der Waals surface area contributed by atoms with Crippen molar-refractivity contribution in [1.82, 2.24) is 0 Å². The maximum absolute atomic E-state index is 11.8. The van der Waals surface area contributed by atoms with Crippen molar-refractivity contribution in [3.63, 3.8) is 0 Å². The first-order valence-electron chi connectivity index (χ1n) is 4.79. The molecule has 0 radical (unpaired) electrons. The monoisotopic (exact) mass is 233 g/mol. The Morgan fingerprint density at radius 2 is 1.82 bits per heavy atom. The van der Waals surface area contributed by atoms with Gasteiger partial charge in [-0.1, -0.05) is 0 Å². The van der Waals surface area contributed by atoms with Crippen LogP contribution in [0.2, 0.25) is 0 Å². The number of benzene rings is 1. The molecule has 1 aromatic carbocycles. The number of carbonyl (C=O) groups excluding carboxylic acids is 2. The fourth-order valence-corrected chi connectivity index (χ4v) is 1.26. The van der Waals surface area contributed by atoms with E-state index in [1.54, 1.807) is 18.2 Å². The van der Waals surface area contributed by atoms with Crippen molar-refractivity contribution < 1.29 is 19.1 Å². The number of hydrogen-bond donors (Lipinski definition) is 0. The predicted molar refractivity (Wildman–Crippen MR) is 58.4 cm³/mol. The second kappa shape index (κ2) is 5.66. The van der Waals surface area contributed by atoms with Gasteiger partial charge in [0.25, 0.3) is 0 Å². The van der Waals surface area contributed by atoms with Crippen LogP contribution >= 0.6 is 0 Å². The summed E-state index contributed by atoms with van der Waals surface area (Å²) in [6.45, 7) is 0. The molecule has 0 aromatic heterocycles. The molecule has 1 atom stereocenters. The lowest BCUT2D eigenvalue weighted by molar-refractivity contribution is -0.141. The highest BCUT2D eigenvalue weighted by Gasteiger charge is 2.28. The Hall–Kier alpha value is -2.35. The molecule has 0 saturated heterocycles. The van der Waals surface area contributed by atoms with Crippen LogP contribution in [0.25, 0.3) is 0 Å². The third-order valence-corrected chi connectivity index (χ3v) is 2.20. The van der Waals surface area contributed by atoms with E-state index in [2.05, 4.69) is 4.74 Å². The second-order valence-electron chi connectivity index (χ2n) is 3.18. The molecule has 5 nitrogen and oxygen atoms in total. The summed E-state index contributed by atoms with van der Waals surface area (Å²) in [5.74, 6) is -2.27. The van der Waals surface area contributed by atoms with Gasteiger partial charge in [-0.3, -0.25) is 9.59 Å². The van der Waals surface area contributed by atoms with E-state index < -0.39 is 17.7 Å². The van der Waals surface area contributed by atoms with E-state index in [9.17, 15) is 9.59 Å². The lowest BCUT2D eigenvalue weighted by atomic mass is 9.99. The highest BCUT2D eigenvalue weighted by Crippen LogP contribution is 2.15. The summed E-state index contributed by atoms with van der Waals surface area (Å²) in [4.78, 5) is 23.0. The number of nitriles is 1. The Balaban J connectivity index is 2.95. The maximum Gasteiger partial charge on any atom is 0.331 e. The van der Waals surface area contributed by atoms with Crippen LogP contribution in [0.4, 0.5) is 0 Å². The van der Waals surface area contributed by atoms with Crippen molar-refractivity contribution >= 4 is 11.8 Å². The van der Waals surface area contributed by atoms with Crippen LogP contribution in [-0.4, -0.2) is 26.0 Å². The Labute approximate surface area is 98.6 Å². The molecule has 88 valence electrons. The maximum atomic E-state index is 11.8. The minimum Gasteiger partial charge on any atom is -0.497 e. The van der Waals surface area contributed by atoms with Crippen molar-refractivity contribution in [2.24, 2.45) is 5.92 Å². The third-order valence-electron chi connectivity index (χ3n) is 2.20. The van der Waals surface area contributed by atoms with E-state index >= 15 is 0 Å². The summed E-state index contributed by atoms with van der Waals surface area (Å²) in [6, 6.07) is 7.78. The molecule has 0 aliphatic rings. The van der Waals surface area contributed by atoms with Gasteiger partial charge in [-0.25, -0.2) is 0 Å². The summed E-state index contributed by atoms with van der Waals surface area (Å²) in [7, 11) is 2.64. The first-order chi connectivity index (χ1) is 8.13. The lowest BCUT2D eigenvalue weighted by Crippen LogP contribution is -2.23. The molecule has 1 rings (SSSR count). The topological polar surface area (TPSA) is 76.4 Å². The first-order valence-corrected chi connectivity index (χ1v) is 4.79. The highest BCUT2D eigenvalue weighted by atomic mass is 16.5. The Bertz CT molecular complexity index is 458. The number of esters is 1. The van der Waals surface area contributed by atoms with Crippen LogP contribution in [0, 0.1) is 17.2 Å². The molecule has 0 N–H and O–H groups in total. The zero-order chi connectivity index (χ0) is 12.8. The smallest absolute Gasteiger partial charge is 0.331 e. The van der Waals surface area contributed by atoms with Crippen molar-refractivity contribution in [2.45, 2.75) is 0 Å². The van der Waals surface area contributed by atoms with Crippen LogP contribution in [0.3, 0.4) is 0 Å². The third kappa shape index (κ3) is 2.82. The number of methoxy groups -OCH3 is 2. The summed E-state index contributed by atoms with van der Waals surface area (Å²) >= 11 is 0. The average molecular weight is 233 g/mol. The molecule has 0 aliphatic heterocycles. The predicted octanol–water partition coefficient (Wildman–Crippen LogP) is 1.19. The molecule has 0 bridgehead atoms. The van der Waals surface area contributed by atoms with Crippen LogP contribution in [-0.2, 0) is 9.53 Å². The number of Topliss-reactive ketones (excluding diaryl/α,β-unsaturated/α-hetero) is 1. The van der Waals surface area contributed by atoms with Gasteiger partial charge in [0.2, 0.25) is 5.92 Å². The van der Waals surface area contributed by atoms with Crippen LogP contribution in [0.1, 0.15) is 10.4 Å². The number of carbonyl (C=O) groups is 2. The van der Waals surface area contributed by atoms with Gasteiger partial charge in [0, 0.05) is 5.56 Å². The molecule has 0 saturated carbocycles. The minimum atomic E-state index is -1.42. The fraction of sp³-hybridized carbons (Fsp3) is 0.250. The Morgan fingerprint density at radius 3 is 2.24 bits per heavy atom.